The summed E-state index contributed by atoms with van der Waals surface area (Å²) in [5.74, 6) is -13.6. The van der Waals surface area contributed by atoms with Gasteiger partial charge in [0.2, 0.25) is 41.0 Å². The zero-order chi connectivity index (χ0) is 95.2. The van der Waals surface area contributed by atoms with E-state index in [9.17, 15) is 48.5 Å². The molecular weight excluding hydrogens is 1690 g/mol. The summed E-state index contributed by atoms with van der Waals surface area (Å²) >= 11 is 1.27. The topological polar surface area (TPSA) is 853 Å². The molecule has 0 fully saturated rings. The summed E-state index contributed by atoms with van der Waals surface area (Å²) < 4.78 is 4.75. The maximum atomic E-state index is 15.0. The van der Waals surface area contributed by atoms with E-state index in [0.29, 0.717) is 93.6 Å². The number of nitrogen functional groups attached to an aromatic ring is 1. The Bertz CT molecular complexity index is 4410. The zero-order valence-corrected chi connectivity index (χ0v) is 73.7. The van der Waals surface area contributed by atoms with E-state index >= 15 is 14.4 Å². The van der Waals surface area contributed by atoms with Crippen molar-refractivity contribution >= 4 is 146 Å². The first kappa shape index (κ1) is 108. The highest BCUT2D eigenvalue weighted by Crippen LogP contribution is 2.31. The number of guanidine groups is 7. The van der Waals surface area contributed by atoms with Crippen molar-refractivity contribution in [3.63, 3.8) is 0 Å². The van der Waals surface area contributed by atoms with Crippen LogP contribution in [0, 0.1) is 77.6 Å². The van der Waals surface area contributed by atoms with Gasteiger partial charge in [-0.15, -0.1) is 11.3 Å². The molecule has 129 heavy (non-hydrogen) atoms. The lowest BCUT2D eigenvalue weighted by Gasteiger charge is -2.27. The van der Waals surface area contributed by atoms with Gasteiger partial charge in [0.05, 0.1) is 44.2 Å². The number of nitro benzene ring substituents is 1. The van der Waals surface area contributed by atoms with Crippen molar-refractivity contribution in [3.05, 3.63) is 51.5 Å². The molecule has 38 N–H and O–H groups in total. The maximum absolute atomic E-state index is 15.0. The Morgan fingerprint density at radius 1 is 0.395 bits per heavy atom. The minimum absolute atomic E-state index is 0.0157. The highest BCUT2D eigenvalue weighted by Gasteiger charge is 2.36. The second kappa shape index (κ2) is 60.2. The quantitative estimate of drug-likeness (QED) is 0.00919. The number of carbonyl (C=O) groups excluding carboxylic acids is 11. The minimum atomic E-state index is -1.40. The van der Waals surface area contributed by atoms with Crippen molar-refractivity contribution in [2.24, 2.45) is 75.5 Å². The van der Waals surface area contributed by atoms with Crippen LogP contribution in [0.2, 0.25) is 0 Å². The molecule has 0 spiro atoms. The predicted octanol–water partition coefficient (Wildman–Crippen LogP) is 0.140. The van der Waals surface area contributed by atoms with Crippen LogP contribution in [0.1, 0.15) is 202 Å². The summed E-state index contributed by atoms with van der Waals surface area (Å²) in [5.41, 5.74) is 51.4. The van der Waals surface area contributed by atoms with E-state index in [1.165, 1.54) is 29.7 Å². The van der Waals surface area contributed by atoms with Crippen LogP contribution in [0.25, 0.3) is 21.6 Å². The van der Waals surface area contributed by atoms with E-state index in [-0.39, 0.29) is 237 Å². The number of thiophene rings is 1. The molecule has 0 aliphatic rings. The third-order valence-electron chi connectivity index (χ3n) is 20.9. The van der Waals surface area contributed by atoms with Crippen molar-refractivity contribution in [1.82, 2.24) is 84.1 Å². The zero-order valence-electron chi connectivity index (χ0n) is 72.9. The van der Waals surface area contributed by atoms with Crippen LogP contribution in [0.3, 0.4) is 0 Å². The fraction of sp³-hybridized carbons (Fsp3) is 0.600. The van der Waals surface area contributed by atoms with Crippen LogP contribution in [-0.4, -0.2) is 215 Å². The molecule has 0 saturated heterocycles. The maximum Gasteiger partial charge on any atom is 0.300 e. The standard InChI is InChI=1S/C80H132N34O14S/c81-67(120)47(16-5-8-31-97-58-26-27-59(114(126)127)66-65(58)112-128-113-66)44-60(117)54(23-13-38-104-77(90)91)109-70(123)50(19-11-36-102-75(86)87)46-62(119)56(25-15-40-106-79(94)95)110-71(124)51(20-12-37-103-76(88)89)45-61(118)55(24-14-39-105-78(92)93)108-69(122)49(18-10-35-101-74(84)85)43-53(116)22-3-1-6-32-98-68(121)48(17-9-34-100-73(82)83)42-52(115)21-4-2-7-33-99-72(125)64-29-28-63(129-64)57-30-41-107-80(96)111-57/h26-30,41,47-51,54-56,97H,1-25,31-40,42-46H2,(H2,81,120)(H,98,121)(H,99,125)(H,108,122)(H,109,123)(H,110,124)(H4,82,83,100)(H4,84,85,101)(H4,86,87,102)(H4,88,89,103)(H4,90,91,104)(H4,92,93,105)(H4,94,95,106)(H2,96,107,111)/t47-,48-,49-,50-,51-,54+,55+,56+/m0/s1. The number of fused-ring (bicyclic) bond motifs is 1. The largest absolute Gasteiger partial charge is 0.383 e. The van der Waals surface area contributed by atoms with Gasteiger partial charge >= 0.3 is 5.69 Å². The molecule has 1 aromatic carbocycles. The van der Waals surface area contributed by atoms with Crippen molar-refractivity contribution in [1.29, 1.82) is 37.9 Å². The molecule has 0 saturated carbocycles. The Balaban J connectivity index is 1.50. The molecule has 49 heteroatoms. The molecule has 6 amide bonds. The number of amides is 6. The van der Waals surface area contributed by atoms with Gasteiger partial charge in [0, 0.05) is 152 Å². The number of anilines is 2. The van der Waals surface area contributed by atoms with Gasteiger partial charge in [-0.3, -0.25) is 101 Å². The number of hydrogen-bond acceptors (Lipinski definition) is 28. The third kappa shape index (κ3) is 44.9. The number of ketones is 5. The number of unbranched alkanes of at least 4 members (excludes halogenated alkanes) is 5. The summed E-state index contributed by atoms with van der Waals surface area (Å²) in [5, 5.41) is 109. The Morgan fingerprint density at radius 3 is 1.16 bits per heavy atom. The fourth-order valence-corrected chi connectivity index (χ4v) is 15.0. The normalized spacial score (nSPS) is 12.8. The SMILES string of the molecule is N=C(N)NCCC[C@@H](CC(=O)CCCCCNC(=O)c1ccc(-c2ccnc(N)n2)s1)C(=O)NCCCCCC(=O)C[C@H](CCCNC(=N)N)C(=O)N[C@H](CCCNC(=N)N)C(=O)C[C@H](CCCNC(=N)N)C(=O)N[C@H](CCCNC(=N)N)C(=O)C[C@H](CCCNC(=N)N)C(=O)N[C@H](CCCNC(=N)N)C(=O)C[C@H](CCCCNc1ccc([N+](=O)[O-])c2nonc12)C(N)=O. The monoisotopic (exact) mass is 1830 g/mol. The van der Waals surface area contributed by atoms with Crippen LogP contribution in [0.5, 0.6) is 0 Å². The van der Waals surface area contributed by atoms with Crippen LogP contribution in [0.15, 0.2) is 41.2 Å². The first-order valence-corrected chi connectivity index (χ1v) is 44.1. The highest BCUT2D eigenvalue weighted by atomic mass is 32.1. The number of nitrogens with one attached hydrogen (secondary N) is 20. The number of primary amides is 1. The van der Waals surface area contributed by atoms with Crippen LogP contribution >= 0.6 is 11.3 Å². The van der Waals surface area contributed by atoms with Gasteiger partial charge in [-0.1, -0.05) is 19.3 Å². The second-order valence-corrected chi connectivity index (χ2v) is 32.4. The van der Waals surface area contributed by atoms with E-state index in [0.717, 1.165) is 4.88 Å². The average Bonchev–Trinajstić information content (AvgIpc) is 1.68. The number of hydrogen-bond donors (Lipinski definition) is 29. The number of nitro groups is 1. The fourth-order valence-electron chi connectivity index (χ4n) is 14.1. The molecule has 0 aliphatic carbocycles. The molecule has 8 atom stereocenters. The van der Waals surface area contributed by atoms with Crippen LogP contribution in [0.4, 0.5) is 17.3 Å². The highest BCUT2D eigenvalue weighted by molar-refractivity contribution is 7.17. The number of non-ortho nitro benzene ring substituents is 1. The molecule has 3 aromatic heterocycles. The third-order valence-corrected chi connectivity index (χ3v) is 22.0. The van der Waals surface area contributed by atoms with Gasteiger partial charge in [-0.25, -0.2) is 14.6 Å². The summed E-state index contributed by atoms with van der Waals surface area (Å²) in [6, 6.07) is 3.86. The number of nitrogens with zero attached hydrogens (tertiary/aromatic N) is 5. The first-order chi connectivity index (χ1) is 61.5. The van der Waals surface area contributed by atoms with Crippen LogP contribution < -0.4 is 121 Å². The summed E-state index contributed by atoms with van der Waals surface area (Å²) in [6.07, 6.45) is 5.33. The second-order valence-electron chi connectivity index (χ2n) is 31.4. The van der Waals surface area contributed by atoms with Gasteiger partial charge in [0.25, 0.3) is 5.91 Å². The number of rotatable bonds is 70. The van der Waals surface area contributed by atoms with Crippen molar-refractivity contribution in [2.45, 2.75) is 211 Å². The molecule has 48 nitrogen and oxygen atoms in total. The number of Topliss-reactive ketones (excluding diaryl/α,β-unsaturated/α-hetero) is 5. The predicted molar refractivity (Wildman–Crippen MR) is 487 cm³/mol. The number of carbonyl (C=O) groups is 11. The van der Waals surface area contributed by atoms with E-state index in [2.05, 4.69) is 89.4 Å². The molecule has 4 rings (SSSR count). The number of nitrogens with two attached hydrogens (primary N) is 9. The van der Waals surface area contributed by atoms with E-state index in [4.69, 9.17) is 94.1 Å². The van der Waals surface area contributed by atoms with Gasteiger partial charge in [-0.2, -0.15) is 0 Å². The Hall–Kier alpha value is -13.5. The summed E-state index contributed by atoms with van der Waals surface area (Å²) in [4.78, 5) is 176. The summed E-state index contributed by atoms with van der Waals surface area (Å²) in [6.45, 7) is 1.64. The summed E-state index contributed by atoms with van der Waals surface area (Å²) in [7, 11) is 0. The molecule has 4 aromatic rings. The van der Waals surface area contributed by atoms with Gasteiger partial charge in [-0.05, 0) is 163 Å². The van der Waals surface area contributed by atoms with Gasteiger partial charge in [0.15, 0.2) is 64.6 Å². The van der Waals surface area contributed by atoms with Gasteiger partial charge in [0.1, 0.15) is 11.6 Å². The molecule has 712 valence electrons. The molecule has 0 aliphatic heterocycles. The van der Waals surface area contributed by atoms with E-state index in [1.807, 2.05) is 0 Å². The molecule has 0 bridgehead atoms. The van der Waals surface area contributed by atoms with Crippen molar-refractivity contribution < 1.29 is 62.3 Å². The molecular formula is C80H132N34O14S. The van der Waals surface area contributed by atoms with Gasteiger partial charge < -0.3 is 121 Å². The lowest BCUT2D eigenvalue weighted by molar-refractivity contribution is -0.383. The van der Waals surface area contributed by atoms with Crippen LogP contribution in [-0.2, 0) is 47.9 Å². The van der Waals surface area contributed by atoms with E-state index < -0.39 is 125 Å². The Morgan fingerprint density at radius 2 is 0.760 bits per heavy atom. The lowest BCUT2D eigenvalue weighted by atomic mass is 9.88. The first-order valence-electron chi connectivity index (χ1n) is 43.3. The Labute approximate surface area is 751 Å². The smallest absolute Gasteiger partial charge is 0.300 e. The average molecular weight is 1830 g/mol. The van der Waals surface area contributed by atoms with Crippen molar-refractivity contribution in [3.8, 4) is 10.6 Å². The number of benzene rings is 1. The lowest BCUT2D eigenvalue weighted by Crippen LogP contribution is -2.49. The number of aromatic nitrogens is 4. The molecule has 3 heterocycles. The molecule has 0 radical (unpaired) electrons. The Kier molecular flexibility index (Phi) is 50.3. The minimum Gasteiger partial charge on any atom is -0.383 e. The van der Waals surface area contributed by atoms with Crippen molar-refractivity contribution in [2.75, 3.05) is 76.5 Å². The van der Waals surface area contributed by atoms with E-state index in [1.54, 1.807) is 18.2 Å². The molecule has 0 unspecified atom stereocenters.